The summed E-state index contributed by atoms with van der Waals surface area (Å²) in [6, 6.07) is -1.12. The second-order valence-corrected chi connectivity index (χ2v) is 19.9. The van der Waals surface area contributed by atoms with Crippen LogP contribution in [0, 0.1) is 62.6 Å². The molecule has 1 heterocycles. The summed E-state index contributed by atoms with van der Waals surface area (Å²) < 4.78 is 10.9. The fourth-order valence-electron chi connectivity index (χ4n) is 14.5. The minimum atomic E-state index is -1.61. The van der Waals surface area contributed by atoms with Gasteiger partial charge < -0.3 is 40.7 Å². The molecular weight excluding hydrogens is 634 g/mol. The Morgan fingerprint density at radius 1 is 0.840 bits per heavy atom. The molecule has 0 amide bonds. The van der Waals surface area contributed by atoms with Gasteiger partial charge >= 0.3 is 0 Å². The van der Waals surface area contributed by atoms with Crippen molar-refractivity contribution in [3.8, 4) is 0 Å². The Labute approximate surface area is 301 Å². The monoisotopic (exact) mass is 706 g/mol. The molecule has 6 aliphatic rings. The Bertz CT molecular complexity index is 1230. The number of hydrogen-bond donors (Lipinski definition) is 6. The van der Waals surface area contributed by atoms with E-state index < -0.39 is 61.8 Å². The predicted octanol–water partition coefficient (Wildman–Crippen LogP) is 4.97. The number of Topliss-reactive ketones (excluding diaryl/α,β-unsaturated/α-hetero) is 1. The molecule has 0 aromatic carbocycles. The lowest BCUT2D eigenvalue weighted by molar-refractivity contribution is -0.271. The average molecular weight is 706 g/mol. The first kappa shape index (κ1) is 39.1. The van der Waals surface area contributed by atoms with E-state index in [9.17, 15) is 30.3 Å². The zero-order chi connectivity index (χ0) is 36.6. The first-order chi connectivity index (χ1) is 23.4. The number of carbonyl (C=O) groups is 1. The maximum atomic E-state index is 13.1. The van der Waals surface area contributed by atoms with E-state index in [4.69, 9.17) is 15.2 Å². The largest absolute Gasteiger partial charge is 0.394 e. The number of ether oxygens (including phenoxy) is 2. The van der Waals surface area contributed by atoms with Crippen molar-refractivity contribution < 1.29 is 39.8 Å². The Morgan fingerprint density at radius 3 is 2.14 bits per heavy atom. The first-order valence-corrected chi connectivity index (χ1v) is 20.2. The summed E-state index contributed by atoms with van der Waals surface area (Å²) in [6.07, 6.45) is 7.40. The lowest BCUT2D eigenvalue weighted by atomic mass is 9.32. The zero-order valence-electron chi connectivity index (χ0n) is 32.2. The molecule has 0 aromatic heterocycles. The summed E-state index contributed by atoms with van der Waals surface area (Å²) in [5.41, 5.74) is 7.88. The Morgan fingerprint density at radius 2 is 1.48 bits per heavy atom. The number of nitrogens with two attached hydrogens (primary N) is 1. The molecule has 6 fully saturated rings. The first-order valence-electron chi connectivity index (χ1n) is 20.2. The van der Waals surface area contributed by atoms with E-state index in [0.717, 1.165) is 17.8 Å². The summed E-state index contributed by atoms with van der Waals surface area (Å²) in [5, 5.41) is 50.9. The molecule has 0 spiro atoms. The summed E-state index contributed by atoms with van der Waals surface area (Å²) in [5.74, 6) is 3.54. The van der Waals surface area contributed by atoms with Gasteiger partial charge in [0, 0.05) is 6.42 Å². The molecule has 288 valence electrons. The summed E-state index contributed by atoms with van der Waals surface area (Å²) in [7, 11) is 0. The minimum absolute atomic E-state index is 0.188. The van der Waals surface area contributed by atoms with Crippen molar-refractivity contribution in [2.45, 2.75) is 175 Å². The molecule has 0 radical (unpaired) electrons. The maximum absolute atomic E-state index is 13.1. The van der Waals surface area contributed by atoms with Gasteiger partial charge in [0.15, 0.2) is 12.1 Å². The van der Waals surface area contributed by atoms with Crippen molar-refractivity contribution in [3.63, 3.8) is 0 Å². The fraction of sp³-hybridized carbons (Fsp3) is 0.976. The Hall–Kier alpha value is -0.650. The second-order valence-electron chi connectivity index (χ2n) is 19.9. The summed E-state index contributed by atoms with van der Waals surface area (Å²) >= 11 is 0. The number of rotatable bonds is 10. The summed E-state index contributed by atoms with van der Waals surface area (Å²) in [6.45, 7) is 17.2. The number of ketones is 1. The molecule has 1 aliphatic heterocycles. The van der Waals surface area contributed by atoms with Crippen LogP contribution in [0.25, 0.3) is 0 Å². The van der Waals surface area contributed by atoms with Crippen molar-refractivity contribution in [3.05, 3.63) is 0 Å². The van der Waals surface area contributed by atoms with E-state index in [2.05, 4.69) is 48.5 Å². The lowest BCUT2D eigenvalue weighted by Gasteiger charge is -2.73. The second kappa shape index (κ2) is 13.9. The van der Waals surface area contributed by atoms with Crippen LogP contribution in [0.3, 0.4) is 0 Å². The molecule has 5 aliphatic carbocycles. The van der Waals surface area contributed by atoms with Gasteiger partial charge in [0.2, 0.25) is 0 Å². The Kier molecular flexibility index (Phi) is 10.8. The van der Waals surface area contributed by atoms with Gasteiger partial charge in [-0.1, -0.05) is 54.9 Å². The van der Waals surface area contributed by atoms with E-state index in [1.165, 1.54) is 70.6 Å². The number of carbonyl (C=O) groups excluding carboxylic acids is 1. The van der Waals surface area contributed by atoms with Crippen LogP contribution >= 0.6 is 0 Å². The molecule has 9 nitrogen and oxygen atoms in total. The number of hydrogen-bond acceptors (Lipinski definition) is 9. The third-order valence-corrected chi connectivity index (χ3v) is 17.4. The van der Waals surface area contributed by atoms with Gasteiger partial charge in [-0.2, -0.15) is 0 Å². The minimum Gasteiger partial charge on any atom is -0.394 e. The molecule has 5 saturated carbocycles. The van der Waals surface area contributed by atoms with E-state index >= 15 is 0 Å². The van der Waals surface area contributed by atoms with Gasteiger partial charge in [-0.3, -0.25) is 4.79 Å². The van der Waals surface area contributed by atoms with E-state index in [1.807, 2.05) is 0 Å². The SMILES string of the molecule is C[C@@H](CCC(=O)[C@H](O)[C@H](O)CO[C@H]1O[C@@H](CO)[C@H](O)[C@@H](O)[C@@H]1N)[C@H]1CC[C@]2(C)[C@H]3CC[C@@H]4[C@@]5(C)CCCC(C)(C)[C@@H]5CC[C@@]4(C)[C@]3(C)CC[C@@H]12. The summed E-state index contributed by atoms with van der Waals surface area (Å²) in [4.78, 5) is 13.1. The molecule has 17 atom stereocenters. The van der Waals surface area contributed by atoms with E-state index in [-0.39, 0.29) is 6.42 Å². The molecule has 1 saturated heterocycles. The molecular formula is C41H71NO8. The zero-order valence-corrected chi connectivity index (χ0v) is 32.2. The third kappa shape index (κ3) is 6.08. The Balaban J connectivity index is 1.05. The highest BCUT2D eigenvalue weighted by Crippen LogP contribution is 2.78. The van der Waals surface area contributed by atoms with Gasteiger partial charge in [-0.25, -0.2) is 0 Å². The van der Waals surface area contributed by atoms with Gasteiger partial charge in [-0.05, 0) is 133 Å². The van der Waals surface area contributed by atoms with Crippen molar-refractivity contribution >= 4 is 5.78 Å². The lowest BCUT2D eigenvalue weighted by Crippen LogP contribution is -2.65. The van der Waals surface area contributed by atoms with Crippen LogP contribution < -0.4 is 5.73 Å². The van der Waals surface area contributed by atoms with Crippen molar-refractivity contribution in [2.75, 3.05) is 13.2 Å². The highest BCUT2D eigenvalue weighted by Gasteiger charge is 2.70. The van der Waals surface area contributed by atoms with Crippen LogP contribution in [-0.4, -0.2) is 87.4 Å². The number of fused-ring (bicyclic) bond motifs is 7. The topological polar surface area (TPSA) is 163 Å². The van der Waals surface area contributed by atoms with Crippen molar-refractivity contribution in [1.82, 2.24) is 0 Å². The molecule has 0 bridgehead atoms. The van der Waals surface area contributed by atoms with Crippen molar-refractivity contribution in [1.29, 1.82) is 0 Å². The standard InChI is InChI=1S/C41H71NO8/c1-23(9-10-26(44)33(46)27(45)22-49-36-32(42)35(48)34(47)28(21-43)50-36)24-13-18-38(4)25(24)14-19-40(6)30(38)11-12-31-39(5)17-8-16-37(2,3)29(39)15-20-41(31,40)7/h23-25,27-36,43,45-48H,8-22,42H2,1-7H3/t23-,24+,25-,27+,28-,29-,30+,31+,32-,33-,34-,35-,36-,38-,39-,40+,41+/m0/s1. The van der Waals surface area contributed by atoms with Gasteiger partial charge in [0.25, 0.3) is 0 Å². The fourth-order valence-corrected chi connectivity index (χ4v) is 14.5. The van der Waals surface area contributed by atoms with Crippen LogP contribution in [0.5, 0.6) is 0 Å². The molecule has 0 unspecified atom stereocenters. The van der Waals surface area contributed by atoms with Gasteiger partial charge in [0.05, 0.1) is 19.3 Å². The highest BCUT2D eigenvalue weighted by molar-refractivity contribution is 5.83. The molecule has 50 heavy (non-hydrogen) atoms. The third-order valence-electron chi connectivity index (χ3n) is 17.4. The smallest absolute Gasteiger partial charge is 0.175 e. The molecule has 0 aromatic rings. The van der Waals surface area contributed by atoms with E-state index in [0.29, 0.717) is 51.2 Å². The van der Waals surface area contributed by atoms with Gasteiger partial charge in [-0.15, -0.1) is 0 Å². The quantitative estimate of drug-likeness (QED) is 0.184. The highest BCUT2D eigenvalue weighted by atomic mass is 16.7. The van der Waals surface area contributed by atoms with E-state index in [1.54, 1.807) is 0 Å². The molecule has 7 N–H and O–H groups in total. The normalized spacial score (nSPS) is 50.3. The van der Waals surface area contributed by atoms with Crippen LogP contribution in [0.4, 0.5) is 0 Å². The maximum Gasteiger partial charge on any atom is 0.175 e. The van der Waals surface area contributed by atoms with Crippen LogP contribution in [0.15, 0.2) is 0 Å². The number of aliphatic hydroxyl groups is 5. The molecule has 9 heteroatoms. The molecule has 6 rings (SSSR count). The van der Waals surface area contributed by atoms with Gasteiger partial charge in [0.1, 0.15) is 30.5 Å². The van der Waals surface area contributed by atoms with Crippen LogP contribution in [0.1, 0.15) is 132 Å². The number of aliphatic hydroxyl groups excluding tert-OH is 5. The van der Waals surface area contributed by atoms with Crippen LogP contribution in [-0.2, 0) is 14.3 Å². The average Bonchev–Trinajstić information content (AvgIpc) is 3.42. The van der Waals surface area contributed by atoms with Crippen LogP contribution in [0.2, 0.25) is 0 Å². The van der Waals surface area contributed by atoms with Crippen molar-refractivity contribution in [2.24, 2.45) is 68.3 Å². The predicted molar refractivity (Wildman–Crippen MR) is 192 cm³/mol.